The molecule has 0 saturated carbocycles. The van der Waals surface area contributed by atoms with Crippen molar-refractivity contribution in [2.75, 3.05) is 0 Å². The molecule has 2 aromatic heterocycles. The Bertz CT molecular complexity index is 825. The first kappa shape index (κ1) is 13.3. The van der Waals surface area contributed by atoms with Crippen molar-refractivity contribution in [2.24, 2.45) is 5.84 Å². The summed E-state index contributed by atoms with van der Waals surface area (Å²) in [7, 11) is 0. The minimum atomic E-state index is -0.969. The van der Waals surface area contributed by atoms with Crippen LogP contribution < -0.4 is 11.3 Å². The molecule has 3 aromatic rings. The number of fused-ring (bicyclic) bond motifs is 1. The highest BCUT2D eigenvalue weighted by Gasteiger charge is 2.16. The number of aromatic nitrogens is 2. The molecule has 0 unspecified atom stereocenters. The second-order valence-corrected chi connectivity index (χ2v) is 4.36. The van der Waals surface area contributed by atoms with Gasteiger partial charge < -0.3 is 8.98 Å². The molecule has 3 rings (SSSR count). The molecule has 0 aliphatic heterocycles. The van der Waals surface area contributed by atoms with Crippen LogP contribution in [0.25, 0.3) is 11.0 Å². The zero-order valence-electron chi connectivity index (χ0n) is 10.6. The third-order valence-corrected chi connectivity index (χ3v) is 3.10. The number of hydrogen-bond acceptors (Lipinski definition) is 4. The van der Waals surface area contributed by atoms with Crippen molar-refractivity contribution < 1.29 is 18.0 Å². The van der Waals surface area contributed by atoms with Crippen molar-refractivity contribution >= 4 is 16.9 Å². The molecule has 108 valence electrons. The number of amides is 1. The lowest BCUT2D eigenvalue weighted by molar-refractivity contribution is 0.0951. The van der Waals surface area contributed by atoms with Gasteiger partial charge in [-0.15, -0.1) is 0 Å². The first-order valence-corrected chi connectivity index (χ1v) is 5.97. The predicted octanol–water partition coefficient (Wildman–Crippen LogP) is 1.56. The number of nitrogens with one attached hydrogen (secondary N) is 1. The third-order valence-electron chi connectivity index (χ3n) is 3.10. The lowest BCUT2D eigenvalue weighted by Crippen LogP contribution is -2.30. The van der Waals surface area contributed by atoms with Crippen molar-refractivity contribution in [3.63, 3.8) is 0 Å². The fourth-order valence-electron chi connectivity index (χ4n) is 2.08. The maximum Gasteiger partial charge on any atom is 0.268 e. The summed E-state index contributed by atoms with van der Waals surface area (Å²) in [5, 5.41) is 0. The minimum absolute atomic E-state index is 0.136. The minimum Gasteiger partial charge on any atom is -0.467 e. The number of hydrogen-bond donors (Lipinski definition) is 2. The monoisotopic (exact) mass is 292 g/mol. The van der Waals surface area contributed by atoms with Gasteiger partial charge >= 0.3 is 0 Å². The van der Waals surface area contributed by atoms with E-state index < -0.39 is 17.5 Å². The van der Waals surface area contributed by atoms with E-state index in [0.717, 1.165) is 12.1 Å². The molecule has 8 heteroatoms. The fourth-order valence-corrected chi connectivity index (χ4v) is 2.08. The summed E-state index contributed by atoms with van der Waals surface area (Å²) in [6.45, 7) is 0.136. The van der Waals surface area contributed by atoms with Crippen LogP contribution in [0.4, 0.5) is 8.78 Å². The molecule has 6 nitrogen and oxygen atoms in total. The number of halogens is 2. The van der Waals surface area contributed by atoms with Crippen LogP contribution in [-0.4, -0.2) is 15.5 Å². The highest BCUT2D eigenvalue weighted by molar-refractivity contribution is 5.94. The van der Waals surface area contributed by atoms with Crippen molar-refractivity contribution in [1.82, 2.24) is 15.0 Å². The summed E-state index contributed by atoms with van der Waals surface area (Å²) >= 11 is 0. The van der Waals surface area contributed by atoms with Crippen LogP contribution in [0.1, 0.15) is 16.1 Å². The summed E-state index contributed by atoms with van der Waals surface area (Å²) < 4.78 is 33.2. The van der Waals surface area contributed by atoms with E-state index in [4.69, 9.17) is 10.3 Å². The fraction of sp³-hybridized carbons (Fsp3) is 0.0769. The summed E-state index contributed by atoms with van der Waals surface area (Å²) in [5.41, 5.74) is 2.98. The van der Waals surface area contributed by atoms with Gasteiger partial charge in [-0.05, 0) is 6.07 Å². The number of carbonyl (C=O) groups is 1. The van der Waals surface area contributed by atoms with E-state index >= 15 is 0 Å². The van der Waals surface area contributed by atoms with Gasteiger partial charge in [-0.3, -0.25) is 10.2 Å². The molecule has 0 aliphatic carbocycles. The van der Waals surface area contributed by atoms with Crippen LogP contribution in [0.2, 0.25) is 0 Å². The number of imidazole rings is 1. The standard InChI is InChI=1S/C13H10F2N4O2/c14-8-3-10-11(4-9(8)15)19(6-17-10)5-12-7(1-2-21-12)13(20)18-16/h1-4,6H,5,16H2,(H,18,20). The molecular weight excluding hydrogens is 282 g/mol. The number of hydrazine groups is 1. The Labute approximate surface area is 117 Å². The topological polar surface area (TPSA) is 86.1 Å². The average Bonchev–Trinajstić information content (AvgIpc) is 3.07. The molecule has 0 saturated heterocycles. The van der Waals surface area contributed by atoms with Crippen LogP contribution in [0.5, 0.6) is 0 Å². The number of carbonyl (C=O) groups excluding carboxylic acids is 1. The van der Waals surface area contributed by atoms with Crippen LogP contribution in [-0.2, 0) is 6.54 Å². The SMILES string of the molecule is NNC(=O)c1ccoc1Cn1cnc2cc(F)c(F)cc21. The zero-order chi connectivity index (χ0) is 15.0. The van der Waals surface area contributed by atoms with Gasteiger partial charge in [0.2, 0.25) is 0 Å². The van der Waals surface area contributed by atoms with E-state index in [1.54, 1.807) is 4.57 Å². The molecule has 2 heterocycles. The van der Waals surface area contributed by atoms with Gasteiger partial charge in [0.1, 0.15) is 5.76 Å². The number of nitrogen functional groups attached to an aromatic ring is 1. The van der Waals surface area contributed by atoms with Gasteiger partial charge in [-0.2, -0.15) is 0 Å². The number of furan rings is 1. The molecule has 0 spiro atoms. The van der Waals surface area contributed by atoms with Crippen molar-refractivity contribution in [2.45, 2.75) is 6.54 Å². The smallest absolute Gasteiger partial charge is 0.268 e. The Kier molecular flexibility index (Phi) is 3.15. The molecule has 3 N–H and O–H groups in total. The van der Waals surface area contributed by atoms with Gasteiger partial charge in [0, 0.05) is 12.1 Å². The number of benzene rings is 1. The number of nitrogens with two attached hydrogens (primary N) is 1. The van der Waals surface area contributed by atoms with Crippen molar-refractivity contribution in [1.29, 1.82) is 0 Å². The molecule has 1 aromatic carbocycles. The Morgan fingerprint density at radius 1 is 1.38 bits per heavy atom. The third kappa shape index (κ3) is 2.25. The largest absolute Gasteiger partial charge is 0.467 e. The second-order valence-electron chi connectivity index (χ2n) is 4.36. The first-order valence-electron chi connectivity index (χ1n) is 5.97. The molecule has 0 atom stereocenters. The highest BCUT2D eigenvalue weighted by atomic mass is 19.2. The van der Waals surface area contributed by atoms with Crippen LogP contribution in [0, 0.1) is 11.6 Å². The highest BCUT2D eigenvalue weighted by Crippen LogP contribution is 2.20. The van der Waals surface area contributed by atoms with Gasteiger partial charge in [0.05, 0.1) is 35.7 Å². The van der Waals surface area contributed by atoms with Crippen molar-refractivity contribution in [3.8, 4) is 0 Å². The van der Waals surface area contributed by atoms with Crippen LogP contribution in [0.15, 0.2) is 35.2 Å². The maximum absolute atomic E-state index is 13.3. The summed E-state index contributed by atoms with van der Waals surface area (Å²) in [6, 6.07) is 3.52. The normalized spacial score (nSPS) is 11.0. The Morgan fingerprint density at radius 2 is 2.14 bits per heavy atom. The predicted molar refractivity (Wildman–Crippen MR) is 69.1 cm³/mol. The summed E-state index contributed by atoms with van der Waals surface area (Å²) in [4.78, 5) is 15.5. The summed E-state index contributed by atoms with van der Waals surface area (Å²) in [5.74, 6) is 2.98. The van der Waals surface area contributed by atoms with Gasteiger partial charge in [0.25, 0.3) is 5.91 Å². The van der Waals surface area contributed by atoms with Gasteiger partial charge in [-0.25, -0.2) is 19.6 Å². The van der Waals surface area contributed by atoms with Crippen molar-refractivity contribution in [3.05, 3.63) is 53.7 Å². The average molecular weight is 292 g/mol. The molecule has 0 aliphatic rings. The molecule has 0 bridgehead atoms. The number of nitrogens with zero attached hydrogens (tertiary/aromatic N) is 2. The lowest BCUT2D eigenvalue weighted by Gasteiger charge is -2.04. The van der Waals surface area contributed by atoms with E-state index in [-0.39, 0.29) is 12.1 Å². The molecule has 0 fully saturated rings. The van der Waals surface area contributed by atoms with E-state index in [2.05, 4.69) is 4.98 Å². The van der Waals surface area contributed by atoms with E-state index in [1.807, 2.05) is 5.43 Å². The van der Waals surface area contributed by atoms with Crippen LogP contribution >= 0.6 is 0 Å². The Balaban J connectivity index is 2.01. The van der Waals surface area contributed by atoms with E-state index in [0.29, 0.717) is 16.8 Å². The zero-order valence-corrected chi connectivity index (χ0v) is 10.6. The second kappa shape index (κ2) is 4.98. The quantitative estimate of drug-likeness (QED) is 0.436. The number of rotatable bonds is 3. The van der Waals surface area contributed by atoms with E-state index in [9.17, 15) is 13.6 Å². The molecular formula is C13H10F2N4O2. The van der Waals surface area contributed by atoms with Gasteiger partial charge in [0.15, 0.2) is 11.6 Å². The van der Waals surface area contributed by atoms with E-state index in [1.165, 1.54) is 18.7 Å². The molecule has 1 amide bonds. The summed E-state index contributed by atoms with van der Waals surface area (Å²) in [6.07, 6.45) is 2.76. The molecule has 21 heavy (non-hydrogen) atoms. The van der Waals surface area contributed by atoms with Crippen LogP contribution in [0.3, 0.4) is 0 Å². The first-order chi connectivity index (χ1) is 10.1. The Hall–Kier alpha value is -2.74. The maximum atomic E-state index is 13.3. The Morgan fingerprint density at radius 3 is 2.90 bits per heavy atom. The lowest BCUT2D eigenvalue weighted by atomic mass is 10.2. The molecule has 0 radical (unpaired) electrons. The van der Waals surface area contributed by atoms with Gasteiger partial charge in [-0.1, -0.05) is 0 Å².